The maximum atomic E-state index is 13.5. The van der Waals surface area contributed by atoms with Gasteiger partial charge in [-0.2, -0.15) is 0 Å². The number of aryl methyl sites for hydroxylation is 2. The highest BCUT2D eigenvalue weighted by molar-refractivity contribution is 7.89. The molecule has 1 aromatic heterocycles. The second-order valence-electron chi connectivity index (χ2n) is 7.49. The number of ether oxygens (including phenoxy) is 1. The maximum absolute atomic E-state index is 13.5. The van der Waals surface area contributed by atoms with E-state index in [-0.39, 0.29) is 40.7 Å². The second-order valence-corrected chi connectivity index (χ2v) is 9.17. The molecule has 1 saturated heterocycles. The molecule has 3 heterocycles. The third-order valence-corrected chi connectivity index (χ3v) is 6.86. The Bertz CT molecular complexity index is 1070. The minimum absolute atomic E-state index is 0.0281. The summed E-state index contributed by atoms with van der Waals surface area (Å²) in [5.74, 6) is -0.917. The van der Waals surface area contributed by atoms with Crippen LogP contribution in [0.25, 0.3) is 0 Å². The Labute approximate surface area is 168 Å². The Hall–Kier alpha value is -2.43. The van der Waals surface area contributed by atoms with Crippen molar-refractivity contribution in [2.45, 2.75) is 24.3 Å². The number of piperidine rings is 1. The van der Waals surface area contributed by atoms with E-state index >= 15 is 0 Å². The molecule has 2 aliphatic heterocycles. The predicted molar refractivity (Wildman–Crippen MR) is 105 cm³/mol. The van der Waals surface area contributed by atoms with E-state index in [2.05, 4.69) is 15.4 Å². The summed E-state index contributed by atoms with van der Waals surface area (Å²) < 4.78 is 49.4. The number of carbonyl (C=O) groups excluding carboxylic acids is 1. The third-order valence-electron chi connectivity index (χ3n) is 5.38. The average molecular weight is 422 g/mol. The summed E-state index contributed by atoms with van der Waals surface area (Å²) in [7, 11) is -2.26. The Morgan fingerprint density at radius 2 is 2.17 bits per heavy atom. The highest BCUT2D eigenvalue weighted by atomic mass is 32.2. The Balaban J connectivity index is 1.69. The van der Waals surface area contributed by atoms with Gasteiger partial charge in [0.25, 0.3) is 5.91 Å². The number of amides is 1. The molecule has 2 aliphatic rings. The van der Waals surface area contributed by atoms with Crippen LogP contribution in [0.1, 0.15) is 22.5 Å². The number of halogens is 1. The lowest BCUT2D eigenvalue weighted by atomic mass is 9.95. The van der Waals surface area contributed by atoms with Crippen molar-refractivity contribution in [3.8, 4) is 5.75 Å². The van der Waals surface area contributed by atoms with Crippen LogP contribution in [0.3, 0.4) is 0 Å². The monoisotopic (exact) mass is 422 g/mol. The zero-order valence-corrected chi connectivity index (χ0v) is 17.0. The average Bonchev–Trinajstić information content (AvgIpc) is 3.00. The summed E-state index contributed by atoms with van der Waals surface area (Å²) >= 11 is 0. The van der Waals surface area contributed by atoms with E-state index < -0.39 is 15.9 Å². The lowest BCUT2D eigenvalue weighted by Crippen LogP contribution is -2.52. The first-order chi connectivity index (χ1) is 13.8. The number of sulfonamides is 1. The first kappa shape index (κ1) is 19.9. The largest absolute Gasteiger partial charge is 0.489 e. The molecule has 1 amide bonds. The van der Waals surface area contributed by atoms with E-state index in [1.54, 1.807) is 14.0 Å². The summed E-state index contributed by atoms with van der Waals surface area (Å²) in [5.41, 5.74) is 0.894. The SMILES string of the molecule is Cc1cc(NC(=O)c2c3c(cn2C)S(=O)(=O)NC2CCNCC2CO3)ccc1F. The van der Waals surface area contributed by atoms with Crippen LogP contribution >= 0.6 is 0 Å². The number of fused-ring (bicyclic) bond motifs is 2. The van der Waals surface area contributed by atoms with Crippen molar-refractivity contribution in [1.29, 1.82) is 0 Å². The summed E-state index contributed by atoms with van der Waals surface area (Å²) in [6.07, 6.45) is 2.05. The van der Waals surface area contributed by atoms with Crippen LogP contribution < -0.4 is 20.1 Å². The van der Waals surface area contributed by atoms with E-state index in [1.165, 1.54) is 29.0 Å². The molecule has 1 aromatic carbocycles. The normalized spacial score (nSPS) is 23.1. The lowest BCUT2D eigenvalue weighted by molar-refractivity contribution is 0.101. The van der Waals surface area contributed by atoms with Gasteiger partial charge in [0.2, 0.25) is 10.0 Å². The molecule has 8 nitrogen and oxygen atoms in total. The fourth-order valence-corrected chi connectivity index (χ4v) is 5.32. The van der Waals surface area contributed by atoms with Crippen LogP contribution in [0.5, 0.6) is 5.75 Å². The highest BCUT2D eigenvalue weighted by Crippen LogP contribution is 2.34. The standard InChI is InChI=1S/C19H23FN4O4S/c1-11-7-13(3-4-14(11)20)22-19(25)17-18-16(9-24(17)2)29(26,27)23-15-5-6-21-8-12(15)10-28-18/h3-4,7,9,12,15,21,23H,5-6,8,10H2,1-2H3,(H,22,25). The van der Waals surface area contributed by atoms with E-state index in [1.807, 2.05) is 0 Å². The van der Waals surface area contributed by atoms with Gasteiger partial charge in [-0.25, -0.2) is 17.5 Å². The lowest BCUT2D eigenvalue weighted by Gasteiger charge is -2.34. The predicted octanol–water partition coefficient (Wildman–Crippen LogP) is 1.37. The first-order valence-corrected chi connectivity index (χ1v) is 10.9. The smallest absolute Gasteiger partial charge is 0.276 e. The van der Waals surface area contributed by atoms with Gasteiger partial charge in [0.15, 0.2) is 11.4 Å². The van der Waals surface area contributed by atoms with Crippen molar-refractivity contribution < 1.29 is 22.3 Å². The van der Waals surface area contributed by atoms with Crippen LogP contribution in [-0.2, 0) is 17.1 Å². The van der Waals surface area contributed by atoms with E-state index in [0.717, 1.165) is 6.54 Å². The van der Waals surface area contributed by atoms with Gasteiger partial charge in [-0.05, 0) is 43.7 Å². The topological polar surface area (TPSA) is 101 Å². The molecule has 2 aromatic rings. The number of rotatable bonds is 2. The van der Waals surface area contributed by atoms with E-state index in [4.69, 9.17) is 4.74 Å². The molecule has 1 fully saturated rings. The number of hydrogen-bond donors (Lipinski definition) is 3. The van der Waals surface area contributed by atoms with E-state index in [0.29, 0.717) is 24.2 Å². The summed E-state index contributed by atoms with van der Waals surface area (Å²) in [5, 5.41) is 5.93. The van der Waals surface area contributed by atoms with Gasteiger partial charge in [-0.1, -0.05) is 0 Å². The molecule has 2 unspecified atom stereocenters. The number of aromatic nitrogens is 1. The fraction of sp³-hybridized carbons (Fsp3) is 0.421. The second kappa shape index (κ2) is 7.43. The maximum Gasteiger partial charge on any atom is 0.276 e. The molecule has 4 rings (SSSR count). The molecule has 0 aliphatic carbocycles. The molecule has 0 spiro atoms. The van der Waals surface area contributed by atoms with Gasteiger partial charge >= 0.3 is 0 Å². The highest BCUT2D eigenvalue weighted by Gasteiger charge is 2.37. The minimum atomic E-state index is -3.85. The molecule has 0 radical (unpaired) electrons. The molecule has 156 valence electrons. The molecule has 0 saturated carbocycles. The Morgan fingerprint density at radius 3 is 2.93 bits per heavy atom. The minimum Gasteiger partial charge on any atom is -0.489 e. The van der Waals surface area contributed by atoms with Crippen molar-refractivity contribution in [3.05, 3.63) is 41.5 Å². The van der Waals surface area contributed by atoms with Crippen molar-refractivity contribution in [2.24, 2.45) is 13.0 Å². The Kier molecular flexibility index (Phi) is 5.09. The molecule has 0 bridgehead atoms. The van der Waals surface area contributed by atoms with Gasteiger partial charge in [-0.3, -0.25) is 4.79 Å². The van der Waals surface area contributed by atoms with Gasteiger partial charge in [0.05, 0.1) is 6.61 Å². The number of benzene rings is 1. The van der Waals surface area contributed by atoms with Crippen molar-refractivity contribution >= 4 is 21.6 Å². The van der Waals surface area contributed by atoms with Crippen molar-refractivity contribution in [3.63, 3.8) is 0 Å². The molecule has 3 N–H and O–H groups in total. The molecule has 10 heteroatoms. The number of anilines is 1. The summed E-state index contributed by atoms with van der Waals surface area (Å²) in [6.45, 7) is 3.24. The molecular formula is C19H23FN4O4S. The zero-order chi connectivity index (χ0) is 20.8. The van der Waals surface area contributed by atoms with E-state index in [9.17, 15) is 17.6 Å². The van der Waals surface area contributed by atoms with Crippen LogP contribution in [0.15, 0.2) is 29.3 Å². The van der Waals surface area contributed by atoms with Crippen LogP contribution in [0.4, 0.5) is 10.1 Å². The quantitative estimate of drug-likeness (QED) is 0.679. The molecular weight excluding hydrogens is 399 g/mol. The number of carbonyl (C=O) groups is 1. The molecule has 29 heavy (non-hydrogen) atoms. The molecule has 2 atom stereocenters. The Morgan fingerprint density at radius 1 is 1.38 bits per heavy atom. The summed E-state index contributed by atoms with van der Waals surface area (Å²) in [4.78, 5) is 12.9. The fourth-order valence-electron chi connectivity index (χ4n) is 3.79. The van der Waals surface area contributed by atoms with Crippen LogP contribution in [-0.4, -0.2) is 44.6 Å². The van der Waals surface area contributed by atoms with Gasteiger partial charge in [0.1, 0.15) is 10.7 Å². The van der Waals surface area contributed by atoms with Crippen molar-refractivity contribution in [2.75, 3.05) is 25.0 Å². The third kappa shape index (κ3) is 3.75. The number of hydrogen-bond acceptors (Lipinski definition) is 5. The van der Waals surface area contributed by atoms with Crippen LogP contribution in [0.2, 0.25) is 0 Å². The van der Waals surface area contributed by atoms with Gasteiger partial charge in [-0.15, -0.1) is 0 Å². The summed E-state index contributed by atoms with van der Waals surface area (Å²) in [6, 6.07) is 4.01. The van der Waals surface area contributed by atoms with Gasteiger partial charge < -0.3 is 19.9 Å². The number of nitrogens with zero attached hydrogens (tertiary/aromatic N) is 1. The first-order valence-electron chi connectivity index (χ1n) is 9.39. The zero-order valence-electron chi connectivity index (χ0n) is 16.2. The van der Waals surface area contributed by atoms with Crippen LogP contribution in [0, 0.1) is 18.7 Å². The van der Waals surface area contributed by atoms with Gasteiger partial charge in [0, 0.05) is 37.4 Å². The number of nitrogens with one attached hydrogen (secondary N) is 3. The van der Waals surface area contributed by atoms with Crippen molar-refractivity contribution in [1.82, 2.24) is 14.6 Å².